The van der Waals surface area contributed by atoms with E-state index < -0.39 is 20.9 Å². The molecule has 0 aliphatic heterocycles. The summed E-state index contributed by atoms with van der Waals surface area (Å²) < 4.78 is 30.8. The third-order valence-electron chi connectivity index (χ3n) is 7.23. The highest BCUT2D eigenvalue weighted by Crippen LogP contribution is 2.41. The monoisotopic (exact) mass is 620 g/mol. The van der Waals surface area contributed by atoms with Gasteiger partial charge in [0.25, 0.3) is 15.7 Å². The second kappa shape index (κ2) is 11.8. The van der Waals surface area contributed by atoms with Gasteiger partial charge in [-0.05, 0) is 46.7 Å². The molecule has 0 spiro atoms. The van der Waals surface area contributed by atoms with Crippen molar-refractivity contribution in [2.45, 2.75) is 15.5 Å². The first-order valence-corrected chi connectivity index (χ1v) is 15.9. The molecular weight excluding hydrogens is 597 g/mol. The van der Waals surface area contributed by atoms with Crippen LogP contribution in [0, 0.1) is 10.1 Å². The largest absolute Gasteiger partial charge is 0.478 e. The van der Waals surface area contributed by atoms with E-state index in [0.29, 0.717) is 11.4 Å². The Labute approximate surface area is 257 Å². The fourth-order valence-corrected chi connectivity index (χ4v) is 7.76. The molecular formula is C34H24N2O6S2. The van der Waals surface area contributed by atoms with Crippen LogP contribution < -0.4 is 4.31 Å². The molecule has 6 rings (SSSR count). The van der Waals surface area contributed by atoms with E-state index in [4.69, 9.17) is 0 Å². The third-order valence-corrected chi connectivity index (χ3v) is 10.1. The number of nitrogens with zero attached hydrogens (tertiary/aromatic N) is 2. The smallest absolute Gasteiger partial charge is 0.336 e. The van der Waals surface area contributed by atoms with Gasteiger partial charge >= 0.3 is 5.97 Å². The summed E-state index contributed by atoms with van der Waals surface area (Å²) >= 11 is 1.15. The van der Waals surface area contributed by atoms with E-state index in [9.17, 15) is 28.4 Å². The number of benzene rings is 6. The molecule has 0 aromatic heterocycles. The number of fused-ring (bicyclic) bond motifs is 2. The Morgan fingerprint density at radius 2 is 1.30 bits per heavy atom. The van der Waals surface area contributed by atoms with Gasteiger partial charge in [0, 0.05) is 33.6 Å². The van der Waals surface area contributed by atoms with Crippen molar-refractivity contribution in [2.24, 2.45) is 0 Å². The zero-order chi connectivity index (χ0) is 30.8. The topological polar surface area (TPSA) is 118 Å². The number of nitro benzene ring substituents is 1. The van der Waals surface area contributed by atoms with Gasteiger partial charge in [-0.25, -0.2) is 17.5 Å². The number of rotatable bonds is 9. The summed E-state index contributed by atoms with van der Waals surface area (Å²) in [6.07, 6.45) is 0. The molecule has 0 atom stereocenters. The standard InChI is InChI=1S/C34H24N2O6S2/c37-34(38)30-20-19-27(21-33(30)43-22-23-15-17-26(18-16-23)36(39)40)44(41,42)35(31-13-5-9-24-7-1-3-11-28(24)31)32-14-6-10-25-8-2-4-12-29(25)32/h1-21H,22H2,(H,37,38). The van der Waals surface area contributed by atoms with Crippen LogP contribution in [0.2, 0.25) is 0 Å². The number of sulfonamides is 1. The quantitative estimate of drug-likeness (QED) is 0.0979. The van der Waals surface area contributed by atoms with Gasteiger partial charge < -0.3 is 5.11 Å². The molecule has 218 valence electrons. The van der Waals surface area contributed by atoms with Crippen LogP contribution in [0.25, 0.3) is 21.5 Å². The molecule has 8 nitrogen and oxygen atoms in total. The molecule has 0 heterocycles. The maximum atomic E-state index is 14.7. The summed E-state index contributed by atoms with van der Waals surface area (Å²) in [6.45, 7) is 0. The molecule has 0 radical (unpaired) electrons. The number of non-ortho nitro benzene ring substituents is 1. The Morgan fingerprint density at radius 3 is 1.84 bits per heavy atom. The van der Waals surface area contributed by atoms with Crippen molar-refractivity contribution in [2.75, 3.05) is 4.31 Å². The minimum Gasteiger partial charge on any atom is -0.478 e. The van der Waals surface area contributed by atoms with Gasteiger partial charge in [-0.15, -0.1) is 11.8 Å². The van der Waals surface area contributed by atoms with Crippen LogP contribution in [-0.4, -0.2) is 24.4 Å². The first kappa shape index (κ1) is 28.9. The van der Waals surface area contributed by atoms with Gasteiger partial charge in [0.15, 0.2) is 0 Å². The first-order valence-electron chi connectivity index (χ1n) is 13.5. The average molecular weight is 621 g/mol. The number of carbonyl (C=O) groups is 1. The average Bonchev–Trinajstić information content (AvgIpc) is 3.04. The highest BCUT2D eigenvalue weighted by atomic mass is 32.2. The molecule has 0 aliphatic carbocycles. The van der Waals surface area contributed by atoms with Crippen LogP contribution in [0.1, 0.15) is 15.9 Å². The summed E-state index contributed by atoms with van der Waals surface area (Å²) in [5.74, 6) is -0.918. The normalized spacial score (nSPS) is 11.5. The van der Waals surface area contributed by atoms with Crippen LogP contribution >= 0.6 is 11.8 Å². The summed E-state index contributed by atoms with van der Waals surface area (Å²) in [6, 6.07) is 36.0. The Kier molecular flexibility index (Phi) is 7.77. The molecule has 44 heavy (non-hydrogen) atoms. The third kappa shape index (κ3) is 5.48. The highest BCUT2D eigenvalue weighted by Gasteiger charge is 2.30. The predicted molar refractivity (Wildman–Crippen MR) is 173 cm³/mol. The van der Waals surface area contributed by atoms with Crippen molar-refractivity contribution < 1.29 is 23.2 Å². The Hall–Kier alpha value is -5.19. The lowest BCUT2D eigenvalue weighted by molar-refractivity contribution is -0.384. The summed E-state index contributed by atoms with van der Waals surface area (Å²) in [4.78, 5) is 22.8. The minimum atomic E-state index is -4.30. The number of anilines is 2. The Bertz CT molecular complexity index is 2080. The summed E-state index contributed by atoms with van der Waals surface area (Å²) in [5, 5.41) is 24.1. The second-order valence-corrected chi connectivity index (χ2v) is 12.7. The van der Waals surface area contributed by atoms with E-state index in [-0.39, 0.29) is 26.8 Å². The van der Waals surface area contributed by atoms with Crippen molar-refractivity contribution in [3.63, 3.8) is 0 Å². The van der Waals surface area contributed by atoms with Gasteiger partial charge in [0.05, 0.1) is 26.8 Å². The second-order valence-electron chi connectivity index (χ2n) is 9.94. The lowest BCUT2D eigenvalue weighted by Crippen LogP contribution is -2.27. The van der Waals surface area contributed by atoms with Crippen molar-refractivity contribution in [1.82, 2.24) is 0 Å². The Balaban J connectivity index is 1.50. The minimum absolute atomic E-state index is 0.0438. The number of aromatic carboxylic acids is 1. The van der Waals surface area contributed by atoms with E-state index in [1.54, 1.807) is 24.3 Å². The molecule has 0 amide bonds. The molecule has 0 saturated carbocycles. The van der Waals surface area contributed by atoms with E-state index in [2.05, 4.69) is 0 Å². The van der Waals surface area contributed by atoms with E-state index in [0.717, 1.165) is 38.9 Å². The summed E-state index contributed by atoms with van der Waals surface area (Å²) in [7, 11) is -4.30. The van der Waals surface area contributed by atoms with Crippen LogP contribution in [0.15, 0.2) is 137 Å². The van der Waals surface area contributed by atoms with Gasteiger partial charge in [0.1, 0.15) is 0 Å². The lowest BCUT2D eigenvalue weighted by Gasteiger charge is -2.27. The molecule has 1 N–H and O–H groups in total. The van der Waals surface area contributed by atoms with Crippen LogP contribution in [0.5, 0.6) is 0 Å². The van der Waals surface area contributed by atoms with Gasteiger partial charge in [-0.1, -0.05) is 84.9 Å². The molecule has 6 aromatic carbocycles. The fourth-order valence-electron chi connectivity index (χ4n) is 5.10. The first-order chi connectivity index (χ1) is 21.2. The van der Waals surface area contributed by atoms with Crippen molar-refractivity contribution in [3.8, 4) is 0 Å². The molecule has 0 saturated heterocycles. The number of carboxylic acid groups (broad SMARTS) is 1. The molecule has 0 unspecified atom stereocenters. The van der Waals surface area contributed by atoms with Crippen molar-refractivity contribution in [3.05, 3.63) is 149 Å². The molecule has 10 heteroatoms. The highest BCUT2D eigenvalue weighted by molar-refractivity contribution is 7.98. The van der Waals surface area contributed by atoms with Gasteiger partial charge in [-0.3, -0.25) is 10.1 Å². The zero-order valence-electron chi connectivity index (χ0n) is 23.0. The van der Waals surface area contributed by atoms with E-state index in [1.807, 2.05) is 72.8 Å². The number of thioether (sulfide) groups is 1. The Morgan fingerprint density at radius 1 is 0.750 bits per heavy atom. The molecule has 0 bridgehead atoms. The number of nitro groups is 1. The molecule has 0 aliphatic rings. The van der Waals surface area contributed by atoms with Crippen molar-refractivity contribution >= 4 is 66.4 Å². The van der Waals surface area contributed by atoms with Crippen LogP contribution in [-0.2, 0) is 15.8 Å². The molecule has 6 aromatic rings. The lowest BCUT2D eigenvalue weighted by atomic mass is 10.1. The van der Waals surface area contributed by atoms with Crippen molar-refractivity contribution in [1.29, 1.82) is 0 Å². The predicted octanol–water partition coefficient (Wildman–Crippen LogP) is 8.42. The number of hydrogen-bond donors (Lipinski definition) is 1. The van der Waals surface area contributed by atoms with E-state index in [1.165, 1.54) is 34.6 Å². The zero-order valence-corrected chi connectivity index (χ0v) is 24.7. The SMILES string of the molecule is O=C(O)c1ccc(S(=O)(=O)N(c2cccc3ccccc23)c2cccc3ccccc23)cc1SCc1ccc([N+](=O)[O-])cc1. The summed E-state index contributed by atoms with van der Waals surface area (Å²) in [5.41, 5.74) is 1.54. The van der Waals surface area contributed by atoms with E-state index >= 15 is 0 Å². The maximum Gasteiger partial charge on any atom is 0.336 e. The fraction of sp³-hybridized carbons (Fsp3) is 0.0294. The van der Waals surface area contributed by atoms with Gasteiger partial charge in [-0.2, -0.15) is 0 Å². The van der Waals surface area contributed by atoms with Crippen LogP contribution in [0.4, 0.5) is 17.1 Å². The molecule has 0 fully saturated rings. The number of hydrogen-bond acceptors (Lipinski definition) is 6. The van der Waals surface area contributed by atoms with Crippen LogP contribution in [0.3, 0.4) is 0 Å². The maximum absolute atomic E-state index is 14.7. The number of carboxylic acids is 1. The van der Waals surface area contributed by atoms with Gasteiger partial charge in [0.2, 0.25) is 0 Å².